The molecule has 5 heteroatoms. The predicted octanol–water partition coefficient (Wildman–Crippen LogP) is 2.62. The van der Waals surface area contributed by atoms with Crippen molar-refractivity contribution in [3.63, 3.8) is 0 Å². The molecule has 0 spiro atoms. The number of halogens is 3. The van der Waals surface area contributed by atoms with Gasteiger partial charge in [0.25, 0.3) is 0 Å². The van der Waals surface area contributed by atoms with E-state index in [-0.39, 0.29) is 6.42 Å². The Kier molecular flexibility index (Phi) is 4.00. The average molecular weight is 225 g/mol. The van der Waals surface area contributed by atoms with E-state index in [0.717, 1.165) is 19.3 Å². The van der Waals surface area contributed by atoms with Crippen LogP contribution in [0.15, 0.2) is 0 Å². The Labute approximate surface area is 88.0 Å². The van der Waals surface area contributed by atoms with Gasteiger partial charge in [-0.25, -0.2) is 0 Å². The summed E-state index contributed by atoms with van der Waals surface area (Å²) in [6.45, 7) is 2.42. The van der Waals surface area contributed by atoms with Gasteiger partial charge in [0, 0.05) is 19.1 Å². The van der Waals surface area contributed by atoms with Gasteiger partial charge in [-0.3, -0.25) is 0 Å². The van der Waals surface area contributed by atoms with E-state index in [1.54, 1.807) is 0 Å². The Balaban J connectivity index is 2.41. The SMILES string of the molecule is CC1(C(N)CCC(F)(F)F)CCCCO1. The summed E-state index contributed by atoms with van der Waals surface area (Å²) >= 11 is 0. The Hall–Kier alpha value is -0.290. The Bertz CT molecular complexity index is 199. The lowest BCUT2D eigenvalue weighted by molar-refractivity contribution is -0.143. The summed E-state index contributed by atoms with van der Waals surface area (Å²) in [6, 6.07) is -0.528. The highest BCUT2D eigenvalue weighted by molar-refractivity contribution is 4.89. The minimum absolute atomic E-state index is 0.0556. The molecule has 1 aliphatic heterocycles. The molecule has 2 atom stereocenters. The minimum atomic E-state index is -4.12. The monoisotopic (exact) mass is 225 g/mol. The van der Waals surface area contributed by atoms with E-state index in [0.29, 0.717) is 6.61 Å². The third kappa shape index (κ3) is 3.99. The van der Waals surface area contributed by atoms with Crippen molar-refractivity contribution in [1.29, 1.82) is 0 Å². The molecule has 15 heavy (non-hydrogen) atoms. The molecule has 1 heterocycles. The summed E-state index contributed by atoms with van der Waals surface area (Å²) in [5.41, 5.74) is 5.20. The number of ether oxygens (including phenoxy) is 1. The van der Waals surface area contributed by atoms with E-state index in [1.165, 1.54) is 0 Å². The molecule has 0 bridgehead atoms. The maximum absolute atomic E-state index is 12.0. The number of hydrogen-bond donors (Lipinski definition) is 1. The van der Waals surface area contributed by atoms with Crippen molar-refractivity contribution >= 4 is 0 Å². The average Bonchev–Trinajstić information content (AvgIpc) is 2.14. The van der Waals surface area contributed by atoms with E-state index in [1.807, 2.05) is 6.92 Å². The fourth-order valence-corrected chi connectivity index (χ4v) is 1.87. The van der Waals surface area contributed by atoms with Gasteiger partial charge in [-0.1, -0.05) is 0 Å². The Morgan fingerprint density at radius 2 is 2.07 bits per heavy atom. The van der Waals surface area contributed by atoms with Crippen LogP contribution in [-0.2, 0) is 4.74 Å². The highest BCUT2D eigenvalue weighted by atomic mass is 19.4. The quantitative estimate of drug-likeness (QED) is 0.801. The molecule has 2 nitrogen and oxygen atoms in total. The summed E-state index contributed by atoms with van der Waals surface area (Å²) in [6.07, 6.45) is -2.29. The lowest BCUT2D eigenvalue weighted by Gasteiger charge is -2.39. The fraction of sp³-hybridized carbons (Fsp3) is 1.00. The lowest BCUT2D eigenvalue weighted by Crippen LogP contribution is -2.50. The van der Waals surface area contributed by atoms with Crippen molar-refractivity contribution in [2.24, 2.45) is 5.73 Å². The maximum Gasteiger partial charge on any atom is 0.389 e. The zero-order valence-electron chi connectivity index (χ0n) is 8.94. The summed E-state index contributed by atoms with van der Waals surface area (Å²) < 4.78 is 41.5. The Morgan fingerprint density at radius 3 is 2.53 bits per heavy atom. The van der Waals surface area contributed by atoms with Crippen molar-refractivity contribution < 1.29 is 17.9 Å². The normalized spacial score (nSPS) is 30.2. The third-order valence-corrected chi connectivity index (χ3v) is 3.02. The van der Waals surface area contributed by atoms with Crippen LogP contribution >= 0.6 is 0 Å². The van der Waals surface area contributed by atoms with E-state index < -0.39 is 24.2 Å². The zero-order chi connectivity index (χ0) is 11.5. The fourth-order valence-electron chi connectivity index (χ4n) is 1.87. The first-order valence-electron chi connectivity index (χ1n) is 5.30. The molecule has 0 radical (unpaired) electrons. The van der Waals surface area contributed by atoms with E-state index in [9.17, 15) is 13.2 Å². The van der Waals surface area contributed by atoms with Crippen molar-refractivity contribution in [1.82, 2.24) is 0 Å². The first kappa shape index (κ1) is 12.8. The molecule has 90 valence electrons. The molecule has 1 saturated heterocycles. The Morgan fingerprint density at radius 1 is 1.40 bits per heavy atom. The molecule has 0 aliphatic carbocycles. The van der Waals surface area contributed by atoms with Crippen LogP contribution in [0.1, 0.15) is 39.0 Å². The molecule has 2 N–H and O–H groups in total. The second-order valence-corrected chi connectivity index (χ2v) is 4.38. The molecular formula is C10H18F3NO. The van der Waals surface area contributed by atoms with Crippen LogP contribution in [-0.4, -0.2) is 24.4 Å². The van der Waals surface area contributed by atoms with Crippen LogP contribution in [0.3, 0.4) is 0 Å². The van der Waals surface area contributed by atoms with E-state index in [4.69, 9.17) is 10.5 Å². The predicted molar refractivity (Wildman–Crippen MR) is 51.5 cm³/mol. The van der Waals surface area contributed by atoms with Gasteiger partial charge in [0.15, 0.2) is 0 Å². The molecule has 1 rings (SSSR count). The molecular weight excluding hydrogens is 207 g/mol. The lowest BCUT2D eigenvalue weighted by atomic mass is 9.86. The summed E-state index contributed by atoms with van der Waals surface area (Å²) in [4.78, 5) is 0. The zero-order valence-corrected chi connectivity index (χ0v) is 8.94. The molecule has 1 fully saturated rings. The van der Waals surface area contributed by atoms with E-state index in [2.05, 4.69) is 0 Å². The van der Waals surface area contributed by atoms with Gasteiger partial charge in [-0.15, -0.1) is 0 Å². The highest BCUT2D eigenvalue weighted by Gasteiger charge is 2.37. The summed E-state index contributed by atoms with van der Waals surface area (Å²) in [7, 11) is 0. The van der Waals surface area contributed by atoms with Gasteiger partial charge >= 0.3 is 6.18 Å². The van der Waals surface area contributed by atoms with Crippen molar-refractivity contribution in [2.45, 2.75) is 56.8 Å². The topological polar surface area (TPSA) is 35.2 Å². The van der Waals surface area contributed by atoms with Gasteiger partial charge in [0.1, 0.15) is 0 Å². The number of nitrogens with two attached hydrogens (primary N) is 1. The smallest absolute Gasteiger partial charge is 0.374 e. The molecule has 0 aromatic rings. The van der Waals surface area contributed by atoms with Crippen LogP contribution in [0.25, 0.3) is 0 Å². The molecule has 0 aromatic heterocycles. The molecule has 0 aromatic carbocycles. The molecule has 1 aliphatic rings. The number of hydrogen-bond acceptors (Lipinski definition) is 2. The van der Waals surface area contributed by atoms with Crippen molar-refractivity contribution in [2.75, 3.05) is 6.61 Å². The van der Waals surface area contributed by atoms with Gasteiger partial charge in [-0.05, 0) is 32.6 Å². The minimum Gasteiger partial charge on any atom is -0.374 e. The number of alkyl halides is 3. The second-order valence-electron chi connectivity index (χ2n) is 4.38. The van der Waals surface area contributed by atoms with Crippen LogP contribution in [0.4, 0.5) is 13.2 Å². The van der Waals surface area contributed by atoms with Gasteiger partial charge < -0.3 is 10.5 Å². The summed E-state index contributed by atoms with van der Waals surface area (Å²) in [5, 5.41) is 0. The molecule has 0 amide bonds. The van der Waals surface area contributed by atoms with Crippen LogP contribution in [0.5, 0.6) is 0 Å². The van der Waals surface area contributed by atoms with E-state index >= 15 is 0 Å². The first-order chi connectivity index (χ1) is 6.83. The van der Waals surface area contributed by atoms with Crippen molar-refractivity contribution in [3.8, 4) is 0 Å². The third-order valence-electron chi connectivity index (χ3n) is 3.02. The first-order valence-corrected chi connectivity index (χ1v) is 5.30. The van der Waals surface area contributed by atoms with Gasteiger partial charge in [0.05, 0.1) is 5.60 Å². The largest absolute Gasteiger partial charge is 0.389 e. The molecule has 0 saturated carbocycles. The number of rotatable bonds is 3. The standard InChI is InChI=1S/C10H18F3NO/c1-9(5-2-3-7-15-9)8(14)4-6-10(11,12)13/h8H,2-7,14H2,1H3. The van der Waals surface area contributed by atoms with Crippen LogP contribution in [0.2, 0.25) is 0 Å². The maximum atomic E-state index is 12.0. The van der Waals surface area contributed by atoms with Crippen LogP contribution in [0, 0.1) is 0 Å². The van der Waals surface area contributed by atoms with Crippen LogP contribution < -0.4 is 5.73 Å². The van der Waals surface area contributed by atoms with Gasteiger partial charge in [-0.2, -0.15) is 13.2 Å². The highest BCUT2D eigenvalue weighted by Crippen LogP contribution is 2.31. The van der Waals surface area contributed by atoms with Crippen molar-refractivity contribution in [3.05, 3.63) is 0 Å². The summed E-state index contributed by atoms with van der Waals surface area (Å²) in [5.74, 6) is 0. The molecule has 2 unspecified atom stereocenters. The van der Waals surface area contributed by atoms with Gasteiger partial charge in [0.2, 0.25) is 0 Å². The second kappa shape index (κ2) is 4.70.